The van der Waals surface area contributed by atoms with E-state index in [4.69, 9.17) is 9.84 Å². The maximum atomic E-state index is 14.2. The molecule has 21 heavy (non-hydrogen) atoms. The number of aliphatic hydroxyl groups excluding tert-OH is 1. The van der Waals surface area contributed by atoms with Crippen LogP contribution in [0.25, 0.3) is 0 Å². The van der Waals surface area contributed by atoms with Gasteiger partial charge in [-0.1, -0.05) is 12.1 Å². The lowest BCUT2D eigenvalue weighted by molar-refractivity contribution is -0.131. The molecule has 5 nitrogen and oxygen atoms in total. The van der Waals surface area contributed by atoms with Gasteiger partial charge in [0, 0.05) is 38.9 Å². The lowest BCUT2D eigenvalue weighted by atomic mass is 10.1. The molecule has 0 bridgehead atoms. The van der Waals surface area contributed by atoms with Crippen LogP contribution >= 0.6 is 0 Å². The van der Waals surface area contributed by atoms with Gasteiger partial charge in [0.05, 0.1) is 18.8 Å². The number of anilines is 1. The lowest BCUT2D eigenvalue weighted by Gasteiger charge is -2.36. The molecule has 1 heterocycles. The molecule has 1 saturated heterocycles. The molecule has 2 rings (SSSR count). The minimum absolute atomic E-state index is 0.00819. The molecule has 0 saturated carbocycles. The van der Waals surface area contributed by atoms with E-state index < -0.39 is 5.82 Å². The number of ether oxygens (including phenoxy) is 1. The smallest absolute Gasteiger partial charge is 0.242 e. The highest BCUT2D eigenvalue weighted by Gasteiger charge is 2.25. The Morgan fingerprint density at radius 1 is 1.38 bits per heavy atom. The molecule has 1 aromatic carbocycles. The van der Waals surface area contributed by atoms with Crippen molar-refractivity contribution in [2.75, 3.05) is 44.8 Å². The molecule has 1 aromatic rings. The molecule has 116 valence electrons. The van der Waals surface area contributed by atoms with Crippen LogP contribution in [0.1, 0.15) is 12.0 Å². The fraction of sp³-hybridized carbons (Fsp3) is 0.533. The largest absolute Gasteiger partial charge is 0.392 e. The molecule has 0 radical (unpaired) electrons. The Kier molecular flexibility index (Phi) is 5.52. The van der Waals surface area contributed by atoms with Gasteiger partial charge >= 0.3 is 0 Å². The Morgan fingerprint density at radius 3 is 2.86 bits per heavy atom. The average molecular weight is 296 g/mol. The third-order valence-electron chi connectivity index (χ3n) is 3.66. The summed E-state index contributed by atoms with van der Waals surface area (Å²) < 4.78 is 19.2. The maximum absolute atomic E-state index is 14.2. The summed E-state index contributed by atoms with van der Waals surface area (Å²) in [5.74, 6) is -0.452. The summed E-state index contributed by atoms with van der Waals surface area (Å²) in [4.78, 5) is 15.6. The molecule has 0 spiro atoms. The topological polar surface area (TPSA) is 53.0 Å². The van der Waals surface area contributed by atoms with Crippen LogP contribution in [0.4, 0.5) is 10.1 Å². The van der Waals surface area contributed by atoms with E-state index in [2.05, 4.69) is 0 Å². The Balaban J connectivity index is 2.01. The number of nitrogens with zero attached hydrogens (tertiary/aromatic N) is 2. The van der Waals surface area contributed by atoms with E-state index in [-0.39, 0.29) is 24.6 Å². The Bertz CT molecular complexity index is 496. The lowest BCUT2D eigenvalue weighted by Crippen LogP contribution is -2.51. The molecule has 1 fully saturated rings. The van der Waals surface area contributed by atoms with Crippen LogP contribution in [0.2, 0.25) is 0 Å². The third-order valence-corrected chi connectivity index (χ3v) is 3.66. The number of carbonyl (C=O) groups excluding carboxylic acids is 1. The van der Waals surface area contributed by atoms with E-state index in [1.165, 1.54) is 0 Å². The van der Waals surface area contributed by atoms with Crippen LogP contribution in [-0.4, -0.2) is 55.8 Å². The van der Waals surface area contributed by atoms with Crippen molar-refractivity contribution in [1.82, 2.24) is 4.90 Å². The van der Waals surface area contributed by atoms with Gasteiger partial charge < -0.3 is 19.6 Å². The van der Waals surface area contributed by atoms with Crippen LogP contribution in [0.3, 0.4) is 0 Å². The molecular formula is C15H21FN2O3. The fourth-order valence-electron chi connectivity index (χ4n) is 2.48. The Labute approximate surface area is 123 Å². The zero-order valence-electron chi connectivity index (χ0n) is 12.2. The van der Waals surface area contributed by atoms with Crippen molar-refractivity contribution in [3.63, 3.8) is 0 Å². The molecule has 6 heteroatoms. The van der Waals surface area contributed by atoms with Crippen molar-refractivity contribution < 1.29 is 19.0 Å². The van der Waals surface area contributed by atoms with Crippen LogP contribution in [-0.2, 0) is 16.1 Å². The summed E-state index contributed by atoms with van der Waals surface area (Å²) in [5, 5.41) is 9.11. The normalized spacial score (nSPS) is 15.7. The van der Waals surface area contributed by atoms with Crippen molar-refractivity contribution in [1.29, 1.82) is 0 Å². The van der Waals surface area contributed by atoms with Gasteiger partial charge in [0.15, 0.2) is 5.82 Å². The number of carbonyl (C=O) groups is 1. The SMILES string of the molecule is COCCCN1CCN(c2cccc(CO)c2F)CC1=O. The van der Waals surface area contributed by atoms with E-state index in [0.29, 0.717) is 31.9 Å². The van der Waals surface area contributed by atoms with Crippen molar-refractivity contribution in [2.24, 2.45) is 0 Å². The number of hydrogen-bond acceptors (Lipinski definition) is 4. The number of methoxy groups -OCH3 is 1. The number of benzene rings is 1. The summed E-state index contributed by atoms with van der Waals surface area (Å²) in [7, 11) is 1.64. The quantitative estimate of drug-likeness (QED) is 0.796. The number of hydrogen-bond donors (Lipinski definition) is 1. The van der Waals surface area contributed by atoms with Gasteiger partial charge in [0.2, 0.25) is 5.91 Å². The van der Waals surface area contributed by atoms with Gasteiger partial charge in [-0.3, -0.25) is 4.79 Å². The second kappa shape index (κ2) is 7.38. The van der Waals surface area contributed by atoms with Gasteiger partial charge in [-0.15, -0.1) is 0 Å². The molecule has 1 amide bonds. The second-order valence-electron chi connectivity index (χ2n) is 5.06. The highest BCUT2D eigenvalue weighted by atomic mass is 19.1. The van der Waals surface area contributed by atoms with Crippen molar-refractivity contribution in [2.45, 2.75) is 13.0 Å². The fourth-order valence-corrected chi connectivity index (χ4v) is 2.48. The second-order valence-corrected chi connectivity index (χ2v) is 5.06. The van der Waals surface area contributed by atoms with Crippen LogP contribution in [0, 0.1) is 5.82 Å². The highest BCUT2D eigenvalue weighted by Crippen LogP contribution is 2.23. The Morgan fingerprint density at radius 2 is 2.19 bits per heavy atom. The Hall–Kier alpha value is -1.66. The van der Waals surface area contributed by atoms with E-state index in [9.17, 15) is 9.18 Å². The predicted molar refractivity (Wildman–Crippen MR) is 77.6 cm³/mol. The number of rotatable bonds is 6. The molecule has 1 aliphatic heterocycles. The number of amides is 1. The molecule has 1 N–H and O–H groups in total. The molecule has 0 unspecified atom stereocenters. The van der Waals surface area contributed by atoms with Gasteiger partial charge in [-0.05, 0) is 12.5 Å². The molecular weight excluding hydrogens is 275 g/mol. The number of aliphatic hydroxyl groups is 1. The van der Waals surface area contributed by atoms with E-state index in [1.54, 1.807) is 35.1 Å². The monoisotopic (exact) mass is 296 g/mol. The first-order chi connectivity index (χ1) is 10.2. The first kappa shape index (κ1) is 15.7. The van der Waals surface area contributed by atoms with Crippen molar-refractivity contribution in [3.05, 3.63) is 29.6 Å². The summed E-state index contributed by atoms with van der Waals surface area (Å²) in [5.41, 5.74) is 0.633. The zero-order chi connectivity index (χ0) is 15.2. The summed E-state index contributed by atoms with van der Waals surface area (Å²) in [6, 6.07) is 4.88. The third kappa shape index (κ3) is 3.71. The molecule has 0 aromatic heterocycles. The number of piperazine rings is 1. The average Bonchev–Trinajstić information content (AvgIpc) is 2.49. The minimum Gasteiger partial charge on any atom is -0.392 e. The maximum Gasteiger partial charge on any atom is 0.242 e. The standard InChI is InChI=1S/C15H21FN2O3/c1-21-9-3-6-17-7-8-18(10-14(17)20)13-5-2-4-12(11-19)15(13)16/h2,4-5,19H,3,6-11H2,1H3. The summed E-state index contributed by atoms with van der Waals surface area (Å²) in [6.45, 7) is 2.28. The molecule has 1 aliphatic rings. The van der Waals surface area contributed by atoms with Gasteiger partial charge in [0.1, 0.15) is 0 Å². The van der Waals surface area contributed by atoms with Crippen molar-refractivity contribution >= 4 is 11.6 Å². The first-order valence-corrected chi connectivity index (χ1v) is 7.07. The van der Waals surface area contributed by atoms with Crippen LogP contribution < -0.4 is 4.90 Å². The van der Waals surface area contributed by atoms with Gasteiger partial charge in [-0.25, -0.2) is 4.39 Å². The van der Waals surface area contributed by atoms with Crippen LogP contribution in [0.5, 0.6) is 0 Å². The zero-order valence-corrected chi connectivity index (χ0v) is 12.2. The van der Waals surface area contributed by atoms with Gasteiger partial charge in [-0.2, -0.15) is 0 Å². The predicted octanol–water partition coefficient (Wildman–Crippen LogP) is 1.00. The molecule has 0 atom stereocenters. The minimum atomic E-state index is -0.444. The highest BCUT2D eigenvalue weighted by molar-refractivity contribution is 5.83. The summed E-state index contributed by atoms with van der Waals surface area (Å²) >= 11 is 0. The van der Waals surface area contributed by atoms with E-state index in [1.807, 2.05) is 0 Å². The van der Waals surface area contributed by atoms with E-state index >= 15 is 0 Å². The van der Waals surface area contributed by atoms with E-state index in [0.717, 1.165) is 6.42 Å². The van der Waals surface area contributed by atoms with Crippen molar-refractivity contribution in [3.8, 4) is 0 Å². The number of halogens is 1. The first-order valence-electron chi connectivity index (χ1n) is 7.07. The van der Waals surface area contributed by atoms with Gasteiger partial charge in [0.25, 0.3) is 0 Å². The van der Waals surface area contributed by atoms with Crippen LogP contribution in [0.15, 0.2) is 18.2 Å². The molecule has 0 aliphatic carbocycles. The summed E-state index contributed by atoms with van der Waals surface area (Å²) in [6.07, 6.45) is 0.802.